The molecule has 2 aromatic rings. The molecule has 4 N–H and O–H groups in total. The van der Waals surface area contributed by atoms with Crippen LogP contribution in [-0.4, -0.2) is 109 Å². The minimum absolute atomic E-state index is 0.0370. The van der Waals surface area contributed by atoms with Gasteiger partial charge in [-0.15, -0.1) is 0 Å². The van der Waals surface area contributed by atoms with Crippen molar-refractivity contribution in [3.05, 3.63) is 59.2 Å². The van der Waals surface area contributed by atoms with Crippen LogP contribution in [-0.2, 0) is 24.7 Å². The van der Waals surface area contributed by atoms with E-state index < -0.39 is 64.6 Å². The van der Waals surface area contributed by atoms with Crippen molar-refractivity contribution >= 4 is 43.0 Å². The summed E-state index contributed by atoms with van der Waals surface area (Å²) < 4.78 is 125. The van der Waals surface area contributed by atoms with Crippen molar-refractivity contribution < 1.29 is 48.4 Å². The Labute approximate surface area is 388 Å². The number of halogens is 5. The second kappa shape index (κ2) is 22.1. The summed E-state index contributed by atoms with van der Waals surface area (Å²) in [6.45, 7) is 13.0. The van der Waals surface area contributed by atoms with Gasteiger partial charge in [0.2, 0.25) is 12.3 Å². The molecule has 0 aromatic heterocycles. The molecule has 1 heterocycles. The number of unbranched alkanes of at least 4 members (excludes halogenated alkanes) is 4. The van der Waals surface area contributed by atoms with E-state index in [0.717, 1.165) is 95.4 Å². The first kappa shape index (κ1) is 53.1. The summed E-state index contributed by atoms with van der Waals surface area (Å²) >= 11 is 0. The molecule has 3 unspecified atom stereocenters. The van der Waals surface area contributed by atoms with Crippen LogP contribution in [0.5, 0.6) is 0 Å². The molecule has 1 saturated heterocycles. The van der Waals surface area contributed by atoms with Gasteiger partial charge in [-0.2, -0.15) is 13.2 Å². The van der Waals surface area contributed by atoms with Crippen LogP contribution in [0.15, 0.2) is 63.4 Å². The Morgan fingerprint density at radius 2 is 1.58 bits per heavy atom. The molecule has 66 heavy (non-hydrogen) atoms. The van der Waals surface area contributed by atoms with Crippen LogP contribution in [0.2, 0.25) is 0 Å². The molecule has 2 amide bonds. The molecule has 1 saturated carbocycles. The average molecular weight is 973 g/mol. The number of nitrogens with zero attached hydrogens (tertiary/aromatic N) is 3. The monoisotopic (exact) mass is 972 g/mol. The fourth-order valence-corrected chi connectivity index (χ4v) is 11.5. The molecule has 2 fully saturated rings. The highest BCUT2D eigenvalue weighted by atomic mass is 32.2. The lowest BCUT2D eigenvalue weighted by molar-refractivity contribution is -0.118. The molecule has 19 heteroatoms. The van der Waals surface area contributed by atoms with Crippen molar-refractivity contribution in [2.75, 3.05) is 63.1 Å². The third-order valence-electron chi connectivity index (χ3n) is 13.9. The third-order valence-corrected chi connectivity index (χ3v) is 16.8. The minimum Gasteiger partial charge on any atom is -0.381 e. The highest BCUT2D eigenvalue weighted by Gasteiger charge is 2.61. The fourth-order valence-electron chi connectivity index (χ4n) is 9.44. The Hall–Kier alpha value is -3.81. The number of benzene rings is 2. The minimum atomic E-state index is -6.04. The van der Waals surface area contributed by atoms with E-state index in [0.29, 0.717) is 57.8 Å². The summed E-state index contributed by atoms with van der Waals surface area (Å²) in [5.74, 6) is -1.43. The Morgan fingerprint density at radius 3 is 2.17 bits per heavy atom. The number of primary amides is 1. The van der Waals surface area contributed by atoms with Gasteiger partial charge in [-0.05, 0) is 132 Å². The van der Waals surface area contributed by atoms with Gasteiger partial charge in [-0.3, -0.25) is 14.5 Å². The van der Waals surface area contributed by atoms with E-state index >= 15 is 0 Å². The summed E-state index contributed by atoms with van der Waals surface area (Å²) in [5.41, 5.74) is 1.49. The number of anilines is 2. The van der Waals surface area contributed by atoms with Crippen LogP contribution in [0.4, 0.5) is 33.3 Å². The molecular weight excluding hydrogens is 904 g/mol. The number of carbonyl (C=O) groups excluding carboxylic acids is 2. The van der Waals surface area contributed by atoms with Crippen molar-refractivity contribution in [2.24, 2.45) is 22.5 Å². The molecule has 12 nitrogen and oxygen atoms in total. The smallest absolute Gasteiger partial charge is 0.381 e. The molecule has 3 atom stereocenters. The van der Waals surface area contributed by atoms with E-state index in [-0.39, 0.29) is 22.8 Å². The van der Waals surface area contributed by atoms with Gasteiger partial charge in [-0.25, -0.2) is 30.3 Å². The van der Waals surface area contributed by atoms with Crippen molar-refractivity contribution in [3.63, 3.8) is 0 Å². The normalized spacial score (nSPS) is 21.0. The number of alkyl halides is 5. The molecular formula is C47H69F5N6O6S2. The largest absolute Gasteiger partial charge is 0.501 e. The predicted octanol–water partition coefficient (Wildman–Crippen LogP) is 8.75. The Morgan fingerprint density at radius 1 is 0.924 bits per heavy atom. The van der Waals surface area contributed by atoms with Crippen LogP contribution < -0.4 is 20.7 Å². The molecule has 2 aromatic carbocycles. The van der Waals surface area contributed by atoms with Gasteiger partial charge < -0.3 is 20.9 Å². The Balaban J connectivity index is 1.19. The molecule has 0 bridgehead atoms. The van der Waals surface area contributed by atoms with E-state index in [9.17, 15) is 48.4 Å². The van der Waals surface area contributed by atoms with Gasteiger partial charge >= 0.3 is 5.51 Å². The van der Waals surface area contributed by atoms with Crippen molar-refractivity contribution in [2.45, 2.75) is 139 Å². The number of carbonyl (C=O) groups is 2. The van der Waals surface area contributed by atoms with E-state index in [4.69, 9.17) is 5.73 Å². The molecule has 5 rings (SSSR count). The second-order valence-electron chi connectivity index (χ2n) is 19.3. The average Bonchev–Trinajstić information content (AvgIpc) is 4.01. The zero-order valence-corrected chi connectivity index (χ0v) is 40.6. The Bertz CT molecular complexity index is 2250. The standard InChI is InChI=1S/C47H69F5N6O6S2/c1-6-35(21-24-56(5)23-12-10-8-9-11-13-42(53)59)54-40-19-18-37(29-41(40)65(61,62)47(50,51)52)66(63,64)55-43(60)33-14-16-36(17-15-33)58-27-25-57(26-28-58)32-34-20-22-45(3,4)30-38(34)39-31-46(39,7-2)44(48)49/h14-19,29,35,39,44,54H,6-13,20-28,30-32H2,1-5H3,(H2,53,59)(H,55,60). The first-order valence-corrected chi connectivity index (χ1v) is 26.2. The summed E-state index contributed by atoms with van der Waals surface area (Å²) in [5, 5.41) is 2.89. The first-order valence-electron chi connectivity index (χ1n) is 23.2. The van der Waals surface area contributed by atoms with Crippen molar-refractivity contribution in [3.8, 4) is 0 Å². The molecule has 0 spiro atoms. The van der Waals surface area contributed by atoms with Crippen molar-refractivity contribution in [1.82, 2.24) is 14.5 Å². The van der Waals surface area contributed by atoms with Gasteiger partial charge in [0.1, 0.15) is 4.90 Å². The van der Waals surface area contributed by atoms with E-state index in [2.05, 4.69) is 33.9 Å². The molecule has 1 aliphatic heterocycles. The van der Waals surface area contributed by atoms with Crippen LogP contribution in [0.25, 0.3) is 0 Å². The molecule has 370 valence electrons. The maximum atomic E-state index is 14.2. The van der Waals surface area contributed by atoms with Gasteiger partial charge in [-0.1, -0.05) is 58.1 Å². The van der Waals surface area contributed by atoms with Crippen LogP contribution in [0.3, 0.4) is 0 Å². The number of piperazine rings is 1. The van der Waals surface area contributed by atoms with E-state index in [1.54, 1.807) is 19.1 Å². The summed E-state index contributed by atoms with van der Waals surface area (Å²) in [4.78, 5) is 28.6. The number of hydrogen-bond acceptors (Lipinski definition) is 10. The molecule has 3 aliphatic rings. The second-order valence-corrected chi connectivity index (χ2v) is 22.9. The zero-order chi connectivity index (χ0) is 48.7. The summed E-state index contributed by atoms with van der Waals surface area (Å²) in [6.07, 6.45) is 7.15. The summed E-state index contributed by atoms with van der Waals surface area (Å²) in [6, 6.07) is 8.13. The lowest BCUT2D eigenvalue weighted by Crippen LogP contribution is -2.47. The molecule has 2 aliphatic carbocycles. The van der Waals surface area contributed by atoms with Crippen LogP contribution in [0.1, 0.15) is 122 Å². The quantitative estimate of drug-likeness (QED) is 0.0527. The first-order chi connectivity index (χ1) is 30.9. The van der Waals surface area contributed by atoms with E-state index in [1.807, 2.05) is 18.7 Å². The van der Waals surface area contributed by atoms with E-state index in [1.165, 1.54) is 23.3 Å². The number of allylic oxidation sites excluding steroid dienone is 1. The zero-order valence-electron chi connectivity index (χ0n) is 39.0. The number of nitrogens with one attached hydrogen (secondary N) is 2. The SMILES string of the molecule is CCC(CCN(C)CCCCCCCC(N)=O)Nc1ccc(S(=O)(=O)NC(=O)c2ccc(N3CCN(CC4=C(C5CC5(CC)C(F)F)CC(C)(C)CC4)CC3)cc2)cc1S(=O)(=O)C(F)(F)F. The topological polar surface area (TPSA) is 162 Å². The molecule has 0 radical (unpaired) electrons. The highest BCUT2D eigenvalue weighted by molar-refractivity contribution is 7.92. The number of hydrogen-bond donors (Lipinski definition) is 3. The van der Waals surface area contributed by atoms with Crippen LogP contribution in [0, 0.1) is 16.7 Å². The number of sulfone groups is 1. The summed E-state index contributed by atoms with van der Waals surface area (Å²) in [7, 11) is -8.97. The third kappa shape index (κ3) is 13.5. The fraction of sp³-hybridized carbons (Fsp3) is 0.660. The maximum Gasteiger partial charge on any atom is 0.501 e. The van der Waals surface area contributed by atoms with Gasteiger partial charge in [0.05, 0.1) is 10.6 Å². The number of nitrogens with two attached hydrogens (primary N) is 1. The lowest BCUT2D eigenvalue weighted by atomic mass is 9.72. The van der Waals surface area contributed by atoms with Gasteiger partial charge in [0, 0.05) is 61.9 Å². The predicted molar refractivity (Wildman–Crippen MR) is 248 cm³/mol. The van der Waals surface area contributed by atoms with Crippen molar-refractivity contribution in [1.29, 1.82) is 0 Å². The van der Waals surface area contributed by atoms with Crippen LogP contribution >= 0.6 is 0 Å². The number of rotatable bonds is 24. The number of sulfonamides is 1. The van der Waals surface area contributed by atoms with Gasteiger partial charge in [0.15, 0.2) is 0 Å². The number of amides is 2. The lowest BCUT2D eigenvalue weighted by Gasteiger charge is -2.39. The maximum absolute atomic E-state index is 14.2. The highest BCUT2D eigenvalue weighted by Crippen LogP contribution is 2.65. The Kier molecular flexibility index (Phi) is 17.8. The van der Waals surface area contributed by atoms with Gasteiger partial charge in [0.25, 0.3) is 25.8 Å².